The number of fused-ring (bicyclic) bond motifs is 1. The van der Waals surface area contributed by atoms with Crippen molar-refractivity contribution in [1.29, 1.82) is 0 Å². The second-order valence-electron chi connectivity index (χ2n) is 11.8. The van der Waals surface area contributed by atoms with Gasteiger partial charge in [0.25, 0.3) is 0 Å². The molecular weight excluding hydrogens is 537 g/mol. The molecule has 9 heteroatoms. The average Bonchev–Trinajstić information content (AvgIpc) is 3.37. The molecule has 0 aliphatic carbocycles. The maximum absolute atomic E-state index is 14.6. The van der Waals surface area contributed by atoms with Crippen molar-refractivity contribution in [2.75, 3.05) is 6.61 Å². The summed E-state index contributed by atoms with van der Waals surface area (Å²) in [5, 5.41) is 11.3. The molecule has 2 atom stereocenters. The van der Waals surface area contributed by atoms with Crippen molar-refractivity contribution in [3.05, 3.63) is 114 Å². The molecule has 210 valence electrons. The lowest BCUT2D eigenvalue weighted by Crippen LogP contribution is -2.47. The normalized spacial score (nSPS) is 17.4. The van der Waals surface area contributed by atoms with Gasteiger partial charge in [-0.25, -0.2) is 14.0 Å². The molecule has 0 amide bonds. The highest BCUT2D eigenvalue weighted by Crippen LogP contribution is 2.43. The van der Waals surface area contributed by atoms with Crippen LogP contribution >= 0.6 is 0 Å². The van der Waals surface area contributed by atoms with Crippen LogP contribution in [-0.2, 0) is 26.4 Å². The van der Waals surface area contributed by atoms with Gasteiger partial charge >= 0.3 is 0 Å². The molecule has 1 aliphatic rings. The second kappa shape index (κ2) is 10.6. The monoisotopic (exact) mass is 574 g/mol. The molecule has 1 unspecified atom stereocenters. The van der Waals surface area contributed by atoms with Crippen molar-refractivity contribution in [3.63, 3.8) is 0 Å². The van der Waals surface area contributed by atoms with Crippen molar-refractivity contribution >= 4 is 18.2 Å². The predicted molar refractivity (Wildman–Crippen MR) is 162 cm³/mol. The van der Waals surface area contributed by atoms with Gasteiger partial charge in [0.2, 0.25) is 5.88 Å². The molecule has 0 spiro atoms. The number of nitrogens with zero attached hydrogens (tertiary/aromatic N) is 3. The number of benzene rings is 3. The fourth-order valence-corrected chi connectivity index (χ4v) is 7.63. The third kappa shape index (κ3) is 5.26. The lowest BCUT2D eigenvalue weighted by molar-refractivity contribution is 0.0616. The molecular formula is C31H38N4O3SSi. The van der Waals surface area contributed by atoms with Gasteiger partial charge in [-0.05, 0) is 34.8 Å². The zero-order valence-electron chi connectivity index (χ0n) is 23.8. The summed E-state index contributed by atoms with van der Waals surface area (Å²) in [6.45, 7) is 11.9. The van der Waals surface area contributed by atoms with Gasteiger partial charge in [0.15, 0.2) is 8.32 Å². The van der Waals surface area contributed by atoms with Gasteiger partial charge in [-0.1, -0.05) is 112 Å². The summed E-state index contributed by atoms with van der Waals surface area (Å²) < 4.78 is 34.1. The highest BCUT2D eigenvalue weighted by atomic mass is 32.2. The van der Waals surface area contributed by atoms with E-state index in [1.165, 1.54) is 6.20 Å². The van der Waals surface area contributed by atoms with Gasteiger partial charge in [0.05, 0.1) is 18.8 Å². The Morgan fingerprint density at radius 1 is 0.925 bits per heavy atom. The second-order valence-corrected chi connectivity index (χ2v) is 18.3. The molecule has 7 nitrogen and oxygen atoms in total. The number of hydrogen-bond donors (Lipinski definition) is 1. The van der Waals surface area contributed by atoms with Gasteiger partial charge in [0.1, 0.15) is 27.0 Å². The summed E-state index contributed by atoms with van der Waals surface area (Å²) in [5.74, 6) is 0.384. The van der Waals surface area contributed by atoms with E-state index in [9.17, 15) is 4.21 Å². The van der Waals surface area contributed by atoms with Crippen molar-refractivity contribution in [1.82, 2.24) is 9.78 Å². The largest absolute Gasteiger partial charge is 0.474 e. The van der Waals surface area contributed by atoms with Crippen LogP contribution in [0.5, 0.6) is 5.88 Å². The molecule has 1 aromatic heterocycles. The molecule has 40 heavy (non-hydrogen) atoms. The molecule has 3 aromatic carbocycles. The molecule has 1 aliphatic heterocycles. The van der Waals surface area contributed by atoms with Gasteiger partial charge in [-0.3, -0.25) is 0 Å². The Kier molecular flexibility index (Phi) is 7.52. The third-order valence-corrected chi connectivity index (χ3v) is 14.0. The Labute approximate surface area is 238 Å². The summed E-state index contributed by atoms with van der Waals surface area (Å²) >= 11 is 0. The van der Waals surface area contributed by atoms with Gasteiger partial charge in [0, 0.05) is 0 Å². The summed E-state index contributed by atoms with van der Waals surface area (Å²) in [4.78, 5) is 0.283. The van der Waals surface area contributed by atoms with E-state index >= 15 is 0 Å². The molecule has 2 N–H and O–H groups in total. The summed E-state index contributed by atoms with van der Waals surface area (Å²) in [5.41, 5.74) is 1.44. The van der Waals surface area contributed by atoms with E-state index in [-0.39, 0.29) is 16.0 Å². The quantitative estimate of drug-likeness (QED) is 0.205. The van der Waals surface area contributed by atoms with Crippen LogP contribution in [0.15, 0.2) is 106 Å². The lowest BCUT2D eigenvalue weighted by atomic mass is 9.78. The highest BCUT2D eigenvalue weighted by molar-refractivity contribution is 7.91. The van der Waals surface area contributed by atoms with Crippen LogP contribution in [0.1, 0.15) is 37.5 Å². The molecule has 4 aromatic rings. The predicted octanol–water partition coefficient (Wildman–Crippen LogP) is 6.36. The fraction of sp³-hybridized carbons (Fsp3) is 0.323. The number of ether oxygens (including phenoxy) is 1. The van der Waals surface area contributed by atoms with E-state index in [1.807, 2.05) is 91.0 Å². The van der Waals surface area contributed by atoms with Crippen LogP contribution in [0.3, 0.4) is 0 Å². The van der Waals surface area contributed by atoms with Crippen LogP contribution in [0.4, 0.5) is 0 Å². The Morgan fingerprint density at radius 2 is 1.40 bits per heavy atom. The smallest absolute Gasteiger partial charge is 0.230 e. The van der Waals surface area contributed by atoms with E-state index in [1.54, 1.807) is 4.68 Å². The van der Waals surface area contributed by atoms with Crippen LogP contribution in [0.25, 0.3) is 0 Å². The first-order chi connectivity index (χ1) is 18.9. The molecule has 0 fully saturated rings. The van der Waals surface area contributed by atoms with Gasteiger partial charge in [-0.2, -0.15) is 9.46 Å². The Hall–Kier alpha value is -3.24. The first-order valence-corrected chi connectivity index (χ1v) is 18.0. The Morgan fingerprint density at radius 3 is 1.85 bits per heavy atom. The molecule has 0 saturated heterocycles. The first kappa shape index (κ1) is 28.3. The lowest BCUT2D eigenvalue weighted by Gasteiger charge is -2.40. The van der Waals surface area contributed by atoms with Crippen molar-refractivity contribution in [2.45, 2.75) is 62.0 Å². The number of rotatable bonds is 7. The Balaban J connectivity index is 1.63. The minimum Gasteiger partial charge on any atom is -0.474 e. The van der Waals surface area contributed by atoms with E-state index in [4.69, 9.17) is 18.7 Å². The maximum Gasteiger partial charge on any atom is 0.230 e. The van der Waals surface area contributed by atoms with Crippen LogP contribution in [0.2, 0.25) is 18.1 Å². The molecule has 0 radical (unpaired) electrons. The van der Waals surface area contributed by atoms with Crippen molar-refractivity contribution in [2.24, 2.45) is 9.50 Å². The number of hydrogen-bond acceptors (Lipinski definition) is 5. The minimum atomic E-state index is -3.50. The molecule has 0 saturated carbocycles. The fourth-order valence-electron chi connectivity index (χ4n) is 4.86. The van der Waals surface area contributed by atoms with Crippen LogP contribution < -0.4 is 9.88 Å². The number of nitrogens with two attached hydrogens (primary N) is 1. The van der Waals surface area contributed by atoms with Crippen LogP contribution in [-0.4, -0.2) is 35.0 Å². The molecule has 5 rings (SSSR count). The first-order valence-electron chi connectivity index (χ1n) is 13.5. The van der Waals surface area contributed by atoms with Gasteiger partial charge < -0.3 is 9.16 Å². The minimum absolute atomic E-state index is 0.0721. The van der Waals surface area contributed by atoms with Crippen LogP contribution in [0, 0.1) is 0 Å². The number of aromatic nitrogens is 2. The zero-order valence-corrected chi connectivity index (χ0v) is 25.6. The summed E-state index contributed by atoms with van der Waals surface area (Å²) in [6, 6.07) is 29.5. The topological polar surface area (TPSA) is 91.7 Å². The van der Waals surface area contributed by atoms with E-state index < -0.39 is 23.8 Å². The average molecular weight is 575 g/mol. The highest BCUT2D eigenvalue weighted by Gasteiger charge is 2.42. The SMILES string of the molecule is CC(C)(C)[Si](C)(C)O[C@@H]1COc2c(S(N)(=O)=NC(c3ccccc3)(c3ccccc3)c3ccccc3)cnn2C1. The molecule has 2 heterocycles. The zero-order chi connectivity index (χ0) is 28.6. The van der Waals surface area contributed by atoms with Crippen molar-refractivity contribution < 1.29 is 13.4 Å². The van der Waals surface area contributed by atoms with Crippen molar-refractivity contribution in [3.8, 4) is 5.88 Å². The standard InChI is InChI=1S/C31H38N4O3SSi/c1-30(2,3)40(4,5)38-27-22-35-29(37-23-27)28(21-33-35)39(32,36)34-31(24-15-9-6-10-16-24,25-17-11-7-12-18-25)26-19-13-8-14-20-26/h6-21,27H,22-23H2,1-5H3,(H2,32,34,36)/t27-,39?/m0/s1. The van der Waals surface area contributed by atoms with E-state index in [2.05, 4.69) is 39.0 Å². The molecule has 0 bridgehead atoms. The maximum atomic E-state index is 14.6. The third-order valence-electron chi connectivity index (χ3n) is 7.97. The van der Waals surface area contributed by atoms with E-state index in [0.29, 0.717) is 19.0 Å². The van der Waals surface area contributed by atoms with E-state index in [0.717, 1.165) is 16.7 Å². The summed E-state index contributed by atoms with van der Waals surface area (Å²) in [7, 11) is -5.51. The Bertz CT molecular complexity index is 1480. The summed E-state index contributed by atoms with van der Waals surface area (Å²) in [6.07, 6.45) is 1.38. The van der Waals surface area contributed by atoms with Gasteiger partial charge in [-0.15, -0.1) is 0 Å².